The molecule has 1 rings (SSSR count). The standard InChI is InChI=1S/C9H12.C4H11O2P/c1-7-4-5-8(2)9(3)6-7;1-3-5-7-6-4-2/h4-6H,1-3H3;7H,3-4H2,1-2H3. The largest absolute Gasteiger partial charge is 0.337 e. The zero-order valence-electron chi connectivity index (χ0n) is 11.0. The summed E-state index contributed by atoms with van der Waals surface area (Å²) in [5.41, 5.74) is 4.11. The van der Waals surface area contributed by atoms with Gasteiger partial charge in [-0.2, -0.15) is 0 Å². The average molecular weight is 242 g/mol. The van der Waals surface area contributed by atoms with Crippen LogP contribution in [0.25, 0.3) is 0 Å². The smallest absolute Gasteiger partial charge is 0.155 e. The summed E-state index contributed by atoms with van der Waals surface area (Å²) in [6.07, 6.45) is 0. The van der Waals surface area contributed by atoms with Crippen molar-refractivity contribution in [1.82, 2.24) is 0 Å². The van der Waals surface area contributed by atoms with Gasteiger partial charge in [-0.1, -0.05) is 23.8 Å². The van der Waals surface area contributed by atoms with Gasteiger partial charge >= 0.3 is 0 Å². The monoisotopic (exact) mass is 242 g/mol. The first kappa shape index (κ1) is 15.6. The van der Waals surface area contributed by atoms with E-state index in [1.165, 1.54) is 16.7 Å². The highest BCUT2D eigenvalue weighted by Gasteiger charge is 1.89. The predicted octanol–water partition coefficient (Wildman–Crippen LogP) is 4.18. The Kier molecular flexibility index (Phi) is 9.51. The van der Waals surface area contributed by atoms with Crippen LogP contribution in [0.5, 0.6) is 0 Å². The van der Waals surface area contributed by atoms with Crippen LogP contribution in [0.2, 0.25) is 0 Å². The van der Waals surface area contributed by atoms with Gasteiger partial charge in [0.1, 0.15) is 0 Å². The Morgan fingerprint density at radius 1 is 0.938 bits per heavy atom. The molecule has 0 heterocycles. The van der Waals surface area contributed by atoms with Crippen LogP contribution < -0.4 is 0 Å². The molecule has 1 aromatic carbocycles. The van der Waals surface area contributed by atoms with Crippen LogP contribution in [0.3, 0.4) is 0 Å². The van der Waals surface area contributed by atoms with Crippen molar-refractivity contribution in [3.05, 3.63) is 34.9 Å². The Morgan fingerprint density at radius 3 is 1.88 bits per heavy atom. The van der Waals surface area contributed by atoms with Crippen molar-refractivity contribution in [2.45, 2.75) is 34.6 Å². The van der Waals surface area contributed by atoms with E-state index in [1.54, 1.807) is 0 Å². The number of aryl methyl sites for hydroxylation is 3. The summed E-state index contributed by atoms with van der Waals surface area (Å²) in [6.45, 7) is 11.8. The minimum absolute atomic E-state index is 0.232. The minimum atomic E-state index is 0.232. The molecule has 0 unspecified atom stereocenters. The van der Waals surface area contributed by atoms with E-state index in [1.807, 2.05) is 13.8 Å². The van der Waals surface area contributed by atoms with E-state index >= 15 is 0 Å². The first-order valence-electron chi connectivity index (χ1n) is 5.64. The lowest BCUT2D eigenvalue weighted by Gasteiger charge is -1.98. The summed E-state index contributed by atoms with van der Waals surface area (Å²) in [4.78, 5) is 0. The summed E-state index contributed by atoms with van der Waals surface area (Å²) in [6, 6.07) is 6.50. The molecular weight excluding hydrogens is 219 g/mol. The molecule has 92 valence electrons. The van der Waals surface area contributed by atoms with Gasteiger partial charge in [0.15, 0.2) is 9.03 Å². The third-order valence-electron chi connectivity index (χ3n) is 2.07. The highest BCUT2D eigenvalue weighted by atomic mass is 31.1. The summed E-state index contributed by atoms with van der Waals surface area (Å²) in [5, 5.41) is 0. The number of rotatable bonds is 4. The average Bonchev–Trinajstić information content (AvgIpc) is 2.26. The Bertz CT molecular complexity index is 283. The molecule has 0 aromatic heterocycles. The highest BCUT2D eigenvalue weighted by Crippen LogP contribution is 2.11. The Labute approximate surface area is 101 Å². The lowest BCUT2D eigenvalue weighted by molar-refractivity contribution is 0.288. The van der Waals surface area contributed by atoms with E-state index in [-0.39, 0.29) is 9.03 Å². The van der Waals surface area contributed by atoms with Crippen LogP contribution in [0.15, 0.2) is 18.2 Å². The van der Waals surface area contributed by atoms with Gasteiger partial charge in [0.2, 0.25) is 0 Å². The Balaban J connectivity index is 0.000000293. The maximum Gasteiger partial charge on any atom is 0.155 e. The van der Waals surface area contributed by atoms with Crippen LogP contribution >= 0.6 is 9.03 Å². The van der Waals surface area contributed by atoms with Crippen LogP contribution in [-0.2, 0) is 9.05 Å². The Hall–Kier alpha value is -0.430. The second kappa shape index (κ2) is 9.77. The molecule has 0 fully saturated rings. The molecule has 0 bridgehead atoms. The van der Waals surface area contributed by atoms with Crippen molar-refractivity contribution >= 4 is 9.03 Å². The van der Waals surface area contributed by atoms with Gasteiger partial charge in [0.05, 0.1) is 13.2 Å². The van der Waals surface area contributed by atoms with Gasteiger partial charge in [-0.05, 0) is 45.7 Å². The molecule has 3 heteroatoms. The molecule has 0 atom stereocenters. The topological polar surface area (TPSA) is 18.5 Å². The molecule has 0 radical (unpaired) electrons. The number of hydrogen-bond donors (Lipinski definition) is 0. The first-order valence-corrected chi connectivity index (χ1v) is 6.45. The van der Waals surface area contributed by atoms with E-state index in [0.29, 0.717) is 0 Å². The lowest BCUT2D eigenvalue weighted by Crippen LogP contribution is -1.79. The fraction of sp³-hybridized carbons (Fsp3) is 0.538. The SMILES string of the molecule is CCOPOCC.Cc1ccc(C)c(C)c1. The quantitative estimate of drug-likeness (QED) is 0.582. The number of hydrogen-bond acceptors (Lipinski definition) is 2. The fourth-order valence-electron chi connectivity index (χ4n) is 1.05. The van der Waals surface area contributed by atoms with E-state index in [2.05, 4.69) is 39.0 Å². The molecule has 0 aliphatic carbocycles. The van der Waals surface area contributed by atoms with Crippen molar-refractivity contribution in [2.24, 2.45) is 0 Å². The van der Waals surface area contributed by atoms with E-state index in [4.69, 9.17) is 9.05 Å². The number of benzene rings is 1. The Morgan fingerprint density at radius 2 is 1.50 bits per heavy atom. The third kappa shape index (κ3) is 7.81. The van der Waals surface area contributed by atoms with E-state index in [0.717, 1.165) is 13.2 Å². The molecule has 0 N–H and O–H groups in total. The van der Waals surface area contributed by atoms with Crippen molar-refractivity contribution in [3.63, 3.8) is 0 Å². The zero-order chi connectivity index (χ0) is 12.4. The van der Waals surface area contributed by atoms with Gasteiger partial charge in [0.25, 0.3) is 0 Å². The molecule has 0 saturated carbocycles. The second-order valence-corrected chi connectivity index (χ2v) is 4.28. The maximum atomic E-state index is 4.88. The molecule has 2 nitrogen and oxygen atoms in total. The normalized spacial score (nSPS) is 9.56. The van der Waals surface area contributed by atoms with Crippen molar-refractivity contribution < 1.29 is 9.05 Å². The van der Waals surface area contributed by atoms with E-state index < -0.39 is 0 Å². The van der Waals surface area contributed by atoms with Gasteiger partial charge in [0, 0.05) is 0 Å². The van der Waals surface area contributed by atoms with E-state index in [9.17, 15) is 0 Å². The fourth-order valence-corrected chi connectivity index (χ4v) is 1.37. The maximum absolute atomic E-state index is 4.88. The van der Waals surface area contributed by atoms with Crippen LogP contribution in [-0.4, -0.2) is 13.2 Å². The second-order valence-electron chi connectivity index (χ2n) is 3.54. The predicted molar refractivity (Wildman–Crippen MR) is 72.2 cm³/mol. The molecule has 1 aromatic rings. The van der Waals surface area contributed by atoms with Crippen LogP contribution in [0.1, 0.15) is 30.5 Å². The minimum Gasteiger partial charge on any atom is -0.337 e. The first-order chi connectivity index (χ1) is 7.61. The van der Waals surface area contributed by atoms with Gasteiger partial charge in [-0.25, -0.2) is 0 Å². The molecule has 16 heavy (non-hydrogen) atoms. The van der Waals surface area contributed by atoms with Crippen molar-refractivity contribution in [1.29, 1.82) is 0 Å². The van der Waals surface area contributed by atoms with Crippen LogP contribution in [0, 0.1) is 20.8 Å². The van der Waals surface area contributed by atoms with Gasteiger partial charge < -0.3 is 9.05 Å². The molecule has 0 amide bonds. The van der Waals surface area contributed by atoms with Crippen molar-refractivity contribution in [3.8, 4) is 0 Å². The molecule has 0 aliphatic heterocycles. The third-order valence-corrected chi connectivity index (χ3v) is 2.88. The van der Waals surface area contributed by atoms with Crippen molar-refractivity contribution in [2.75, 3.05) is 13.2 Å². The summed E-state index contributed by atoms with van der Waals surface area (Å²) in [5.74, 6) is 0. The van der Waals surface area contributed by atoms with Crippen LogP contribution in [0.4, 0.5) is 0 Å². The zero-order valence-corrected chi connectivity index (χ0v) is 12.0. The molecular formula is C13H23O2P. The summed E-state index contributed by atoms with van der Waals surface area (Å²) >= 11 is 0. The summed E-state index contributed by atoms with van der Waals surface area (Å²) < 4.78 is 9.76. The van der Waals surface area contributed by atoms with Gasteiger partial charge in [-0.15, -0.1) is 0 Å². The summed E-state index contributed by atoms with van der Waals surface area (Å²) in [7, 11) is 0.232. The molecule has 0 saturated heterocycles. The molecule has 0 spiro atoms. The lowest BCUT2D eigenvalue weighted by atomic mass is 10.1. The highest BCUT2D eigenvalue weighted by molar-refractivity contribution is 7.26. The van der Waals surface area contributed by atoms with Gasteiger partial charge in [-0.3, -0.25) is 0 Å². The molecule has 0 aliphatic rings.